The first-order valence-electron chi connectivity index (χ1n) is 8.36. The minimum atomic E-state index is -0.147. The maximum Gasteiger partial charge on any atom is 0.256 e. The van der Waals surface area contributed by atoms with Crippen molar-refractivity contribution < 1.29 is 4.79 Å². The average Bonchev–Trinajstić information content (AvgIpc) is 3.14. The third-order valence-electron chi connectivity index (χ3n) is 4.07. The number of aromatic nitrogens is 3. The van der Waals surface area contributed by atoms with E-state index in [1.807, 2.05) is 54.6 Å². The largest absolute Gasteiger partial charge is 0.384 e. The summed E-state index contributed by atoms with van der Waals surface area (Å²) in [5.74, 6) is 1.05. The van der Waals surface area contributed by atoms with Crippen molar-refractivity contribution >= 4 is 40.1 Å². The van der Waals surface area contributed by atoms with Crippen molar-refractivity contribution in [1.29, 1.82) is 0 Å². The molecule has 0 spiro atoms. The fourth-order valence-electron chi connectivity index (χ4n) is 2.74. The summed E-state index contributed by atoms with van der Waals surface area (Å²) in [7, 11) is 0. The number of carbonyl (C=O) groups is 1. The fraction of sp³-hybridized carbons (Fsp3) is 0.0500. The number of hydrogen-bond acceptors (Lipinski definition) is 5. The molecule has 0 saturated carbocycles. The number of rotatable bonds is 5. The Morgan fingerprint density at radius 2 is 2.04 bits per heavy atom. The van der Waals surface area contributed by atoms with E-state index < -0.39 is 0 Å². The van der Waals surface area contributed by atoms with Gasteiger partial charge in [0, 0.05) is 27.9 Å². The van der Waals surface area contributed by atoms with Gasteiger partial charge in [0.2, 0.25) is 0 Å². The minimum Gasteiger partial charge on any atom is -0.384 e. The summed E-state index contributed by atoms with van der Waals surface area (Å²) in [4.78, 5) is 17.7. The topological polar surface area (TPSA) is 96.7 Å². The zero-order valence-electron chi connectivity index (χ0n) is 14.3. The number of nitrogen functional groups attached to an aromatic ring is 1. The third kappa shape index (κ3) is 3.93. The molecule has 134 valence electrons. The van der Waals surface area contributed by atoms with Crippen LogP contribution in [0.3, 0.4) is 0 Å². The number of hydrogen-bond donors (Lipinski definition) is 3. The number of fused-ring (bicyclic) bond motifs is 1. The molecule has 2 aromatic carbocycles. The van der Waals surface area contributed by atoms with Gasteiger partial charge in [0.15, 0.2) is 0 Å². The number of thioether (sulfide) groups is 1. The van der Waals surface area contributed by atoms with Crippen molar-refractivity contribution in [3.63, 3.8) is 0 Å². The third-order valence-corrected chi connectivity index (χ3v) is 5.22. The molecule has 0 aliphatic carbocycles. The fourth-order valence-corrected chi connectivity index (χ4v) is 3.73. The number of anilines is 2. The molecule has 0 bridgehead atoms. The van der Waals surface area contributed by atoms with Crippen LogP contribution in [-0.4, -0.2) is 21.1 Å². The second-order valence-corrected chi connectivity index (χ2v) is 7.02. The van der Waals surface area contributed by atoms with Crippen LogP contribution in [0, 0.1) is 0 Å². The summed E-state index contributed by atoms with van der Waals surface area (Å²) in [6.45, 7) is 0. The Kier molecular flexibility index (Phi) is 4.76. The summed E-state index contributed by atoms with van der Waals surface area (Å²) in [5.41, 5.74) is 9.03. The molecule has 27 heavy (non-hydrogen) atoms. The Morgan fingerprint density at radius 3 is 2.93 bits per heavy atom. The lowest BCUT2D eigenvalue weighted by atomic mass is 10.2. The van der Waals surface area contributed by atoms with Crippen LogP contribution >= 0.6 is 11.8 Å². The average molecular weight is 375 g/mol. The van der Waals surface area contributed by atoms with Crippen LogP contribution in [0.5, 0.6) is 0 Å². The van der Waals surface area contributed by atoms with E-state index in [2.05, 4.69) is 20.5 Å². The standard InChI is InChI=1S/C20H17N5OS/c21-19-9-13(7-8-22-19)12-27-18-4-2-1-3-16(18)20(26)24-15-6-5-14-11-23-25-17(14)10-15/h1-11H,12H2,(H2,21,22)(H,23,25)(H,24,26). The molecule has 0 unspecified atom stereocenters. The van der Waals surface area contributed by atoms with Gasteiger partial charge in [-0.25, -0.2) is 4.98 Å². The molecular formula is C20H17N5OS. The molecule has 0 atom stereocenters. The summed E-state index contributed by atoms with van der Waals surface area (Å²) in [6, 6.07) is 17.0. The van der Waals surface area contributed by atoms with Crippen molar-refractivity contribution in [3.05, 3.63) is 78.1 Å². The van der Waals surface area contributed by atoms with Crippen LogP contribution in [0.4, 0.5) is 11.5 Å². The molecule has 4 N–H and O–H groups in total. The molecule has 2 aromatic heterocycles. The molecule has 4 rings (SSSR count). The normalized spacial score (nSPS) is 10.8. The van der Waals surface area contributed by atoms with E-state index in [-0.39, 0.29) is 5.91 Å². The van der Waals surface area contributed by atoms with Gasteiger partial charge in [0.1, 0.15) is 5.82 Å². The number of carbonyl (C=O) groups excluding carboxylic acids is 1. The van der Waals surface area contributed by atoms with Gasteiger partial charge in [-0.05, 0) is 48.0 Å². The monoisotopic (exact) mass is 375 g/mol. The number of H-pyrrole nitrogens is 1. The summed E-state index contributed by atoms with van der Waals surface area (Å²) >= 11 is 1.59. The van der Waals surface area contributed by atoms with Gasteiger partial charge in [0.25, 0.3) is 5.91 Å². The van der Waals surface area contributed by atoms with Gasteiger partial charge in [0.05, 0.1) is 17.3 Å². The van der Waals surface area contributed by atoms with E-state index in [4.69, 9.17) is 5.73 Å². The van der Waals surface area contributed by atoms with Gasteiger partial charge in [-0.1, -0.05) is 12.1 Å². The second kappa shape index (κ2) is 7.51. The first-order chi connectivity index (χ1) is 13.2. The molecule has 6 nitrogen and oxygen atoms in total. The van der Waals surface area contributed by atoms with Gasteiger partial charge < -0.3 is 11.1 Å². The second-order valence-electron chi connectivity index (χ2n) is 6.00. The Balaban J connectivity index is 1.51. The number of amides is 1. The number of benzene rings is 2. The molecular weight excluding hydrogens is 358 g/mol. The molecule has 4 aromatic rings. The molecule has 0 radical (unpaired) electrons. The first kappa shape index (κ1) is 17.1. The Hall–Kier alpha value is -3.32. The maximum absolute atomic E-state index is 12.8. The number of pyridine rings is 1. The number of aromatic amines is 1. The molecule has 0 fully saturated rings. The number of nitrogens with two attached hydrogens (primary N) is 1. The van der Waals surface area contributed by atoms with Crippen LogP contribution in [0.15, 0.2) is 71.9 Å². The smallest absolute Gasteiger partial charge is 0.256 e. The zero-order chi connectivity index (χ0) is 18.6. The van der Waals surface area contributed by atoms with Gasteiger partial charge in [-0.2, -0.15) is 5.10 Å². The number of nitrogens with zero attached hydrogens (tertiary/aromatic N) is 2. The van der Waals surface area contributed by atoms with Crippen molar-refractivity contribution in [2.75, 3.05) is 11.1 Å². The lowest BCUT2D eigenvalue weighted by Gasteiger charge is -2.10. The molecule has 0 aliphatic rings. The van der Waals surface area contributed by atoms with Crippen LogP contribution in [-0.2, 0) is 5.75 Å². The minimum absolute atomic E-state index is 0.147. The summed E-state index contributed by atoms with van der Waals surface area (Å²) in [6.07, 6.45) is 3.44. The Bertz CT molecular complexity index is 1110. The number of nitrogens with one attached hydrogen (secondary N) is 2. The highest BCUT2D eigenvalue weighted by molar-refractivity contribution is 7.98. The van der Waals surface area contributed by atoms with Gasteiger partial charge in [-0.3, -0.25) is 9.89 Å². The van der Waals surface area contributed by atoms with E-state index in [0.717, 1.165) is 27.0 Å². The highest BCUT2D eigenvalue weighted by Crippen LogP contribution is 2.27. The lowest BCUT2D eigenvalue weighted by molar-refractivity contribution is 0.102. The lowest BCUT2D eigenvalue weighted by Crippen LogP contribution is -2.12. The summed E-state index contributed by atoms with van der Waals surface area (Å²) < 4.78 is 0. The highest BCUT2D eigenvalue weighted by Gasteiger charge is 2.12. The Morgan fingerprint density at radius 1 is 1.15 bits per heavy atom. The predicted octanol–water partition coefficient (Wildman–Crippen LogP) is 4.08. The van der Waals surface area contributed by atoms with Crippen molar-refractivity contribution in [3.8, 4) is 0 Å². The van der Waals surface area contributed by atoms with Crippen molar-refractivity contribution in [2.24, 2.45) is 0 Å². The predicted molar refractivity (Wildman–Crippen MR) is 109 cm³/mol. The molecule has 1 amide bonds. The summed E-state index contributed by atoms with van der Waals surface area (Å²) in [5, 5.41) is 10.9. The maximum atomic E-state index is 12.8. The quantitative estimate of drug-likeness (QED) is 0.457. The van der Waals surface area contributed by atoms with Crippen LogP contribution in [0.1, 0.15) is 15.9 Å². The molecule has 0 aliphatic heterocycles. The highest BCUT2D eigenvalue weighted by atomic mass is 32.2. The van der Waals surface area contributed by atoms with Gasteiger partial charge >= 0.3 is 0 Å². The van der Waals surface area contributed by atoms with E-state index in [1.54, 1.807) is 24.2 Å². The van der Waals surface area contributed by atoms with E-state index in [0.29, 0.717) is 17.1 Å². The van der Waals surface area contributed by atoms with Crippen LogP contribution in [0.2, 0.25) is 0 Å². The zero-order valence-corrected chi connectivity index (χ0v) is 15.2. The Labute approximate surface area is 160 Å². The molecule has 7 heteroatoms. The molecule has 0 saturated heterocycles. The SMILES string of the molecule is Nc1cc(CSc2ccccc2C(=O)Nc2ccc3cn[nH]c3c2)ccn1. The van der Waals surface area contributed by atoms with Gasteiger partial charge in [-0.15, -0.1) is 11.8 Å². The van der Waals surface area contributed by atoms with E-state index in [1.165, 1.54) is 0 Å². The van der Waals surface area contributed by atoms with Crippen molar-refractivity contribution in [2.45, 2.75) is 10.6 Å². The van der Waals surface area contributed by atoms with Crippen LogP contribution in [0.25, 0.3) is 10.9 Å². The first-order valence-corrected chi connectivity index (χ1v) is 9.34. The van der Waals surface area contributed by atoms with E-state index >= 15 is 0 Å². The van der Waals surface area contributed by atoms with Crippen LogP contribution < -0.4 is 11.1 Å². The molecule has 2 heterocycles. The van der Waals surface area contributed by atoms with E-state index in [9.17, 15) is 4.79 Å². The van der Waals surface area contributed by atoms with Crippen molar-refractivity contribution in [1.82, 2.24) is 15.2 Å².